The number of hydrogen-bond acceptors (Lipinski definition) is 4. The van der Waals surface area contributed by atoms with Gasteiger partial charge in [-0.05, 0) is 12.8 Å². The van der Waals surface area contributed by atoms with Crippen LogP contribution in [0.15, 0.2) is 5.16 Å². The minimum Gasteiger partial charge on any atom is -0.449 e. The van der Waals surface area contributed by atoms with Crippen LogP contribution in [0.2, 0.25) is 0 Å². The van der Waals surface area contributed by atoms with E-state index in [9.17, 15) is 4.79 Å². The van der Waals surface area contributed by atoms with Gasteiger partial charge in [0.1, 0.15) is 0 Å². The maximum Gasteiger partial charge on any atom is 0.354 e. The number of carbonyl (C=O) groups is 1. The summed E-state index contributed by atoms with van der Waals surface area (Å²) in [5.41, 5.74) is -0.133. The molecular formula is C11H15NO3. The second-order valence-electron chi connectivity index (χ2n) is 4.02. The molecule has 15 heavy (non-hydrogen) atoms. The van der Waals surface area contributed by atoms with Crippen molar-refractivity contribution in [3.8, 4) is 12.3 Å². The molecule has 0 saturated carbocycles. The summed E-state index contributed by atoms with van der Waals surface area (Å²) in [7, 11) is 0. The quantitative estimate of drug-likeness (QED) is 0.520. The highest BCUT2D eigenvalue weighted by molar-refractivity contribution is 5.94. The highest BCUT2D eigenvalue weighted by Gasteiger charge is 2.43. The van der Waals surface area contributed by atoms with Crippen molar-refractivity contribution in [2.45, 2.75) is 32.8 Å². The van der Waals surface area contributed by atoms with E-state index in [1.54, 1.807) is 6.92 Å². The third kappa shape index (κ3) is 2.50. The third-order valence-corrected chi connectivity index (χ3v) is 2.27. The summed E-state index contributed by atoms with van der Waals surface area (Å²) >= 11 is 0. The summed E-state index contributed by atoms with van der Waals surface area (Å²) in [4.78, 5) is 16.7. The van der Waals surface area contributed by atoms with Crippen LogP contribution in [0.3, 0.4) is 0 Å². The van der Waals surface area contributed by atoms with Gasteiger partial charge in [-0.15, -0.1) is 6.42 Å². The molecule has 4 nitrogen and oxygen atoms in total. The minimum absolute atomic E-state index is 0.0329. The molecule has 0 bridgehead atoms. The maximum absolute atomic E-state index is 11.6. The number of nitrogens with zero attached hydrogens (tertiary/aromatic N) is 1. The average molecular weight is 209 g/mol. The van der Waals surface area contributed by atoms with E-state index in [2.05, 4.69) is 11.1 Å². The van der Waals surface area contributed by atoms with Crippen molar-refractivity contribution in [2.75, 3.05) is 6.61 Å². The van der Waals surface area contributed by atoms with Crippen LogP contribution in [0.5, 0.6) is 0 Å². The van der Waals surface area contributed by atoms with Crippen LogP contribution in [0, 0.1) is 18.3 Å². The Morgan fingerprint density at radius 2 is 2.47 bits per heavy atom. The molecule has 0 aromatic heterocycles. The summed E-state index contributed by atoms with van der Waals surface area (Å²) < 4.78 is 4.83. The Labute approximate surface area is 89.6 Å². The Kier molecular flexibility index (Phi) is 3.35. The van der Waals surface area contributed by atoms with E-state index >= 15 is 0 Å². The van der Waals surface area contributed by atoms with Crippen molar-refractivity contribution in [2.24, 2.45) is 11.1 Å². The van der Waals surface area contributed by atoms with Crippen molar-refractivity contribution in [3.05, 3.63) is 0 Å². The minimum atomic E-state index is -1.00. The number of hydrogen-bond donors (Lipinski definition) is 0. The zero-order valence-corrected chi connectivity index (χ0v) is 9.24. The lowest BCUT2D eigenvalue weighted by Gasteiger charge is -2.18. The zero-order valence-electron chi connectivity index (χ0n) is 9.24. The summed E-state index contributed by atoms with van der Waals surface area (Å²) in [5.74, 6) is 2.05. The lowest BCUT2D eigenvalue weighted by atomic mass is 9.94. The summed E-state index contributed by atoms with van der Waals surface area (Å²) in [6.07, 6.45) is 5.46. The van der Waals surface area contributed by atoms with Gasteiger partial charge in [0.15, 0.2) is 6.61 Å². The van der Waals surface area contributed by atoms with Crippen LogP contribution < -0.4 is 0 Å². The van der Waals surface area contributed by atoms with Gasteiger partial charge in [-0.25, -0.2) is 4.79 Å². The Bertz CT molecular complexity index is 327. The standard InChI is InChI=1S/C11H15NO3/c1-5-6-14-10(13)11(4)7-9(8(2)3)12-15-11/h1,8H,6-7H2,2-4H3. The fourth-order valence-electron chi connectivity index (χ4n) is 1.25. The van der Waals surface area contributed by atoms with Gasteiger partial charge in [0.05, 0.1) is 5.71 Å². The molecule has 0 aromatic rings. The zero-order chi connectivity index (χ0) is 11.5. The first-order valence-electron chi connectivity index (χ1n) is 4.85. The molecule has 1 aliphatic rings. The molecule has 82 valence electrons. The smallest absolute Gasteiger partial charge is 0.354 e. The molecule has 0 spiro atoms. The van der Waals surface area contributed by atoms with Gasteiger partial charge in [0, 0.05) is 6.42 Å². The van der Waals surface area contributed by atoms with E-state index in [-0.39, 0.29) is 12.5 Å². The van der Waals surface area contributed by atoms with Gasteiger partial charge >= 0.3 is 5.97 Å². The van der Waals surface area contributed by atoms with E-state index in [1.807, 2.05) is 13.8 Å². The molecule has 4 heteroatoms. The second-order valence-corrected chi connectivity index (χ2v) is 4.02. The molecule has 0 radical (unpaired) electrons. The number of esters is 1. The molecule has 1 aliphatic heterocycles. The van der Waals surface area contributed by atoms with Crippen molar-refractivity contribution >= 4 is 11.7 Å². The van der Waals surface area contributed by atoms with Gasteiger partial charge < -0.3 is 9.57 Å². The number of carbonyl (C=O) groups excluding carboxylic acids is 1. The first kappa shape index (κ1) is 11.6. The molecule has 0 amide bonds. The van der Waals surface area contributed by atoms with Crippen LogP contribution in [0.1, 0.15) is 27.2 Å². The molecule has 1 atom stereocenters. The lowest BCUT2D eigenvalue weighted by molar-refractivity contribution is -0.165. The van der Waals surface area contributed by atoms with E-state index in [4.69, 9.17) is 16.0 Å². The number of rotatable bonds is 3. The van der Waals surface area contributed by atoms with Crippen molar-refractivity contribution in [1.29, 1.82) is 0 Å². The monoisotopic (exact) mass is 209 g/mol. The number of terminal acetylenes is 1. The molecule has 0 fully saturated rings. The van der Waals surface area contributed by atoms with Gasteiger partial charge in [0.25, 0.3) is 0 Å². The molecule has 1 rings (SSSR count). The summed E-state index contributed by atoms with van der Waals surface area (Å²) in [5, 5.41) is 3.88. The highest BCUT2D eigenvalue weighted by Crippen LogP contribution is 2.27. The second kappa shape index (κ2) is 4.35. The van der Waals surface area contributed by atoms with Crippen LogP contribution in [-0.4, -0.2) is 23.9 Å². The predicted octanol–water partition coefficient (Wildman–Crippen LogP) is 1.35. The van der Waals surface area contributed by atoms with Crippen molar-refractivity contribution in [3.63, 3.8) is 0 Å². The average Bonchev–Trinajstić information content (AvgIpc) is 2.59. The first-order valence-corrected chi connectivity index (χ1v) is 4.85. The Hall–Kier alpha value is -1.50. The predicted molar refractivity (Wildman–Crippen MR) is 56.2 cm³/mol. The van der Waals surface area contributed by atoms with E-state index in [0.717, 1.165) is 5.71 Å². The fraction of sp³-hybridized carbons (Fsp3) is 0.636. The SMILES string of the molecule is C#CCOC(=O)C1(C)CC(C(C)C)=NO1. The molecular weight excluding hydrogens is 194 g/mol. The fourth-order valence-corrected chi connectivity index (χ4v) is 1.25. The van der Waals surface area contributed by atoms with Crippen LogP contribution >= 0.6 is 0 Å². The van der Waals surface area contributed by atoms with Crippen LogP contribution in [-0.2, 0) is 14.4 Å². The summed E-state index contributed by atoms with van der Waals surface area (Å²) in [6, 6.07) is 0. The van der Waals surface area contributed by atoms with Gasteiger partial charge in [-0.3, -0.25) is 0 Å². The first-order chi connectivity index (χ1) is 6.99. The Morgan fingerprint density at radius 1 is 1.80 bits per heavy atom. The molecule has 0 saturated heterocycles. The Balaban J connectivity index is 2.58. The van der Waals surface area contributed by atoms with E-state index in [1.165, 1.54) is 0 Å². The highest BCUT2D eigenvalue weighted by atomic mass is 16.7. The van der Waals surface area contributed by atoms with Crippen LogP contribution in [0.4, 0.5) is 0 Å². The number of oxime groups is 1. The van der Waals surface area contributed by atoms with E-state index < -0.39 is 11.6 Å². The van der Waals surface area contributed by atoms with Gasteiger partial charge in [-0.2, -0.15) is 0 Å². The Morgan fingerprint density at radius 3 is 2.93 bits per heavy atom. The normalized spacial score (nSPS) is 24.3. The largest absolute Gasteiger partial charge is 0.449 e. The van der Waals surface area contributed by atoms with Crippen molar-refractivity contribution < 1.29 is 14.4 Å². The van der Waals surface area contributed by atoms with E-state index in [0.29, 0.717) is 6.42 Å². The molecule has 0 aromatic carbocycles. The number of ether oxygens (including phenoxy) is 1. The molecule has 1 heterocycles. The van der Waals surface area contributed by atoms with Crippen molar-refractivity contribution in [1.82, 2.24) is 0 Å². The molecule has 0 N–H and O–H groups in total. The summed E-state index contributed by atoms with van der Waals surface area (Å²) in [6.45, 7) is 5.63. The van der Waals surface area contributed by atoms with Crippen LogP contribution in [0.25, 0.3) is 0 Å². The molecule has 1 unspecified atom stereocenters. The topological polar surface area (TPSA) is 47.9 Å². The third-order valence-electron chi connectivity index (χ3n) is 2.27. The van der Waals surface area contributed by atoms with Gasteiger partial charge in [-0.1, -0.05) is 24.9 Å². The van der Waals surface area contributed by atoms with Gasteiger partial charge in [0.2, 0.25) is 5.60 Å². The maximum atomic E-state index is 11.6. The lowest BCUT2D eigenvalue weighted by Crippen LogP contribution is -2.37. The molecule has 0 aliphatic carbocycles.